The maximum Gasteiger partial charge on any atom is 0.221 e. The maximum atomic E-state index is 11.6. The second-order valence-corrected chi connectivity index (χ2v) is 4.56. The molecule has 0 fully saturated rings. The summed E-state index contributed by atoms with van der Waals surface area (Å²) in [5.41, 5.74) is 6.84. The number of nitrogen functional groups attached to an aromatic ring is 1. The molecule has 1 aromatic carbocycles. The fourth-order valence-electron chi connectivity index (χ4n) is 1.45. The number of hydrogen-bond acceptors (Lipinski definition) is 2. The zero-order valence-electron chi connectivity index (χ0n) is 10.3. The minimum atomic E-state index is -0.590. The molecule has 1 aromatic rings. The van der Waals surface area contributed by atoms with Crippen LogP contribution in [0.15, 0.2) is 24.3 Å². The van der Waals surface area contributed by atoms with Crippen LogP contribution in [0, 0.1) is 12.3 Å². The van der Waals surface area contributed by atoms with Crippen LogP contribution in [-0.4, -0.2) is 11.4 Å². The number of carbonyl (C=O) groups is 1. The molecule has 90 valence electrons. The highest BCUT2D eigenvalue weighted by Gasteiger charge is 2.16. The third-order valence-electron chi connectivity index (χ3n) is 2.40. The second kappa shape index (κ2) is 5.40. The highest BCUT2D eigenvalue weighted by molar-refractivity contribution is 5.77. The first-order valence-corrected chi connectivity index (χ1v) is 5.56. The van der Waals surface area contributed by atoms with Crippen LogP contribution in [0.4, 0.5) is 5.69 Å². The van der Waals surface area contributed by atoms with Gasteiger partial charge in [-0.2, -0.15) is 0 Å². The molecule has 1 amide bonds. The fraction of sp³-hybridized carbons (Fsp3) is 0.357. The van der Waals surface area contributed by atoms with Gasteiger partial charge in [0.1, 0.15) is 0 Å². The van der Waals surface area contributed by atoms with Gasteiger partial charge in [0.15, 0.2) is 0 Å². The molecule has 0 aliphatic heterocycles. The molecule has 1 rings (SSSR count). The zero-order valence-corrected chi connectivity index (χ0v) is 10.3. The Balaban J connectivity index is 2.47. The third kappa shape index (κ3) is 4.60. The first kappa shape index (κ1) is 13.1. The number of anilines is 1. The van der Waals surface area contributed by atoms with Crippen LogP contribution < -0.4 is 11.1 Å². The van der Waals surface area contributed by atoms with Gasteiger partial charge in [-0.1, -0.05) is 18.1 Å². The Morgan fingerprint density at radius 1 is 1.53 bits per heavy atom. The first-order valence-electron chi connectivity index (χ1n) is 5.56. The van der Waals surface area contributed by atoms with Crippen molar-refractivity contribution in [2.45, 2.75) is 32.2 Å². The van der Waals surface area contributed by atoms with E-state index in [0.29, 0.717) is 18.5 Å². The number of terminal acetylenes is 1. The highest BCUT2D eigenvalue weighted by Crippen LogP contribution is 2.09. The SMILES string of the molecule is C#CC(C)(C)NC(=O)CCc1cccc(N)c1. The Bertz CT molecular complexity index is 444. The predicted octanol–water partition coefficient (Wildman–Crippen LogP) is 1.73. The van der Waals surface area contributed by atoms with Gasteiger partial charge < -0.3 is 11.1 Å². The summed E-state index contributed by atoms with van der Waals surface area (Å²) in [5, 5.41) is 2.78. The van der Waals surface area contributed by atoms with E-state index in [4.69, 9.17) is 12.2 Å². The van der Waals surface area contributed by atoms with Crippen LogP contribution in [0.1, 0.15) is 25.8 Å². The van der Waals surface area contributed by atoms with E-state index in [2.05, 4.69) is 11.2 Å². The van der Waals surface area contributed by atoms with Crippen molar-refractivity contribution in [3.8, 4) is 12.3 Å². The predicted molar refractivity (Wildman–Crippen MR) is 70.2 cm³/mol. The Morgan fingerprint density at radius 2 is 2.24 bits per heavy atom. The molecular formula is C14H18N2O. The fourth-order valence-corrected chi connectivity index (χ4v) is 1.45. The molecular weight excluding hydrogens is 212 g/mol. The molecule has 0 atom stereocenters. The summed E-state index contributed by atoms with van der Waals surface area (Å²) >= 11 is 0. The summed E-state index contributed by atoms with van der Waals surface area (Å²) in [6.45, 7) is 3.59. The molecule has 0 radical (unpaired) electrons. The van der Waals surface area contributed by atoms with Crippen LogP contribution in [0.5, 0.6) is 0 Å². The zero-order chi connectivity index (χ0) is 12.9. The normalized spacial score (nSPS) is 10.6. The summed E-state index contributed by atoms with van der Waals surface area (Å²) in [5.74, 6) is 2.48. The molecule has 17 heavy (non-hydrogen) atoms. The monoisotopic (exact) mass is 230 g/mol. The summed E-state index contributed by atoms with van der Waals surface area (Å²) in [6.07, 6.45) is 6.38. The largest absolute Gasteiger partial charge is 0.399 e. The smallest absolute Gasteiger partial charge is 0.221 e. The van der Waals surface area contributed by atoms with Gasteiger partial charge >= 0.3 is 0 Å². The third-order valence-corrected chi connectivity index (χ3v) is 2.40. The molecule has 0 bridgehead atoms. The maximum absolute atomic E-state index is 11.6. The van der Waals surface area contributed by atoms with E-state index in [1.165, 1.54) is 0 Å². The molecule has 0 spiro atoms. The molecule has 0 aliphatic rings. The number of aryl methyl sites for hydroxylation is 1. The molecule has 0 saturated heterocycles. The van der Waals surface area contributed by atoms with Crippen LogP contribution >= 0.6 is 0 Å². The minimum Gasteiger partial charge on any atom is -0.399 e. The van der Waals surface area contributed by atoms with Gasteiger partial charge in [-0.15, -0.1) is 6.42 Å². The molecule has 0 aliphatic carbocycles. The van der Waals surface area contributed by atoms with E-state index >= 15 is 0 Å². The molecule has 3 nitrogen and oxygen atoms in total. The number of rotatable bonds is 4. The van der Waals surface area contributed by atoms with Gasteiger partial charge in [-0.05, 0) is 38.0 Å². The van der Waals surface area contributed by atoms with E-state index in [1.807, 2.05) is 24.3 Å². The molecule has 0 saturated carbocycles. The Kier molecular flexibility index (Phi) is 4.17. The molecule has 0 unspecified atom stereocenters. The molecule has 3 heteroatoms. The first-order chi connectivity index (χ1) is 7.93. The van der Waals surface area contributed by atoms with Crippen molar-refractivity contribution in [1.82, 2.24) is 5.32 Å². The van der Waals surface area contributed by atoms with Gasteiger partial charge in [0, 0.05) is 12.1 Å². The number of nitrogens with one attached hydrogen (secondary N) is 1. The van der Waals surface area contributed by atoms with Crippen LogP contribution in [-0.2, 0) is 11.2 Å². The Hall–Kier alpha value is -1.95. The number of nitrogens with two attached hydrogens (primary N) is 1. The van der Waals surface area contributed by atoms with Crippen LogP contribution in [0.2, 0.25) is 0 Å². The van der Waals surface area contributed by atoms with Crippen molar-refractivity contribution in [3.05, 3.63) is 29.8 Å². The molecule has 0 aromatic heterocycles. The van der Waals surface area contributed by atoms with Gasteiger partial charge in [0.25, 0.3) is 0 Å². The van der Waals surface area contributed by atoms with Gasteiger partial charge in [-0.3, -0.25) is 4.79 Å². The average molecular weight is 230 g/mol. The van der Waals surface area contributed by atoms with Gasteiger partial charge in [0.2, 0.25) is 5.91 Å². The second-order valence-electron chi connectivity index (χ2n) is 4.56. The lowest BCUT2D eigenvalue weighted by Gasteiger charge is -2.19. The Morgan fingerprint density at radius 3 is 2.82 bits per heavy atom. The lowest BCUT2D eigenvalue weighted by Crippen LogP contribution is -2.42. The topological polar surface area (TPSA) is 55.1 Å². The number of benzene rings is 1. The molecule has 3 N–H and O–H groups in total. The highest BCUT2D eigenvalue weighted by atomic mass is 16.1. The van der Waals surface area contributed by atoms with Crippen molar-refractivity contribution < 1.29 is 4.79 Å². The van der Waals surface area contributed by atoms with Crippen molar-refractivity contribution in [2.75, 3.05) is 5.73 Å². The number of carbonyl (C=O) groups excluding carboxylic acids is 1. The van der Waals surface area contributed by atoms with E-state index in [1.54, 1.807) is 13.8 Å². The van der Waals surface area contributed by atoms with Crippen LogP contribution in [0.25, 0.3) is 0 Å². The van der Waals surface area contributed by atoms with Crippen molar-refractivity contribution in [3.63, 3.8) is 0 Å². The standard InChI is InChI=1S/C14H18N2O/c1-4-14(2,3)16-13(17)9-8-11-6-5-7-12(15)10-11/h1,5-7,10H,8-9,15H2,2-3H3,(H,16,17). The van der Waals surface area contributed by atoms with Crippen LogP contribution in [0.3, 0.4) is 0 Å². The summed E-state index contributed by atoms with van der Waals surface area (Å²) in [7, 11) is 0. The van der Waals surface area contributed by atoms with Crippen molar-refractivity contribution >= 4 is 11.6 Å². The minimum absolute atomic E-state index is 0.0459. The average Bonchev–Trinajstić information content (AvgIpc) is 2.26. The van der Waals surface area contributed by atoms with Crippen molar-refractivity contribution in [1.29, 1.82) is 0 Å². The summed E-state index contributed by atoms with van der Waals surface area (Å²) < 4.78 is 0. The van der Waals surface area contributed by atoms with E-state index in [0.717, 1.165) is 5.56 Å². The van der Waals surface area contributed by atoms with Crippen molar-refractivity contribution in [2.24, 2.45) is 0 Å². The lowest BCUT2D eigenvalue weighted by molar-refractivity contribution is -0.122. The van der Waals surface area contributed by atoms with Gasteiger partial charge in [-0.25, -0.2) is 0 Å². The lowest BCUT2D eigenvalue weighted by atomic mass is 10.1. The quantitative estimate of drug-likeness (QED) is 0.611. The Labute approximate surface area is 102 Å². The number of amides is 1. The summed E-state index contributed by atoms with van der Waals surface area (Å²) in [6, 6.07) is 7.54. The van der Waals surface area contributed by atoms with E-state index < -0.39 is 5.54 Å². The summed E-state index contributed by atoms with van der Waals surface area (Å²) in [4.78, 5) is 11.6. The van der Waals surface area contributed by atoms with E-state index in [9.17, 15) is 4.79 Å². The van der Waals surface area contributed by atoms with E-state index in [-0.39, 0.29) is 5.91 Å². The molecule has 0 heterocycles. The van der Waals surface area contributed by atoms with Gasteiger partial charge in [0.05, 0.1) is 5.54 Å². The number of hydrogen-bond donors (Lipinski definition) is 2.